The Morgan fingerprint density at radius 2 is 1.89 bits per heavy atom. The topological polar surface area (TPSA) is 45.2 Å². The maximum absolute atomic E-state index is 12.1. The number of nitrogens with zero attached hydrogens (tertiary/aromatic N) is 2. The minimum atomic E-state index is 0.180. The molecule has 1 aliphatic heterocycles. The molecule has 1 aromatic heterocycles. The van der Waals surface area contributed by atoms with Crippen molar-refractivity contribution in [1.29, 1.82) is 0 Å². The Bertz CT molecular complexity index is 386. The van der Waals surface area contributed by atoms with Crippen molar-refractivity contribution < 1.29 is 4.79 Å². The molecule has 104 valence electrons. The fourth-order valence-electron chi connectivity index (χ4n) is 2.44. The zero-order valence-electron chi connectivity index (χ0n) is 11.6. The molecule has 0 bridgehead atoms. The Kier molecular flexibility index (Phi) is 5.33. The fourth-order valence-corrected chi connectivity index (χ4v) is 2.44. The van der Waals surface area contributed by atoms with E-state index in [2.05, 4.69) is 17.2 Å². The van der Waals surface area contributed by atoms with E-state index in [1.165, 1.54) is 18.4 Å². The van der Waals surface area contributed by atoms with Gasteiger partial charge in [-0.15, -0.1) is 0 Å². The molecule has 1 saturated heterocycles. The van der Waals surface area contributed by atoms with Crippen LogP contribution in [0.3, 0.4) is 0 Å². The zero-order chi connectivity index (χ0) is 13.5. The first-order valence-electron chi connectivity index (χ1n) is 7.18. The van der Waals surface area contributed by atoms with E-state index in [0.717, 1.165) is 25.9 Å². The van der Waals surface area contributed by atoms with Gasteiger partial charge in [-0.2, -0.15) is 0 Å². The number of hydrogen-bond donors (Lipinski definition) is 1. The van der Waals surface area contributed by atoms with Crippen molar-refractivity contribution in [3.8, 4) is 0 Å². The number of rotatable bonds is 4. The monoisotopic (exact) mass is 261 g/mol. The molecule has 0 saturated carbocycles. The van der Waals surface area contributed by atoms with Crippen LogP contribution in [-0.4, -0.2) is 35.4 Å². The Labute approximate surface area is 115 Å². The van der Waals surface area contributed by atoms with Gasteiger partial charge in [0, 0.05) is 31.5 Å². The number of pyridine rings is 1. The Balaban J connectivity index is 1.79. The van der Waals surface area contributed by atoms with E-state index in [-0.39, 0.29) is 11.9 Å². The maximum atomic E-state index is 12.1. The molecule has 4 nitrogen and oxygen atoms in total. The molecule has 1 atom stereocenters. The third-order valence-electron chi connectivity index (χ3n) is 3.72. The largest absolute Gasteiger partial charge is 0.342 e. The average Bonchev–Trinajstić information content (AvgIpc) is 2.74. The van der Waals surface area contributed by atoms with Crippen LogP contribution in [0.5, 0.6) is 0 Å². The molecule has 1 aromatic rings. The quantitative estimate of drug-likeness (QED) is 0.903. The van der Waals surface area contributed by atoms with Gasteiger partial charge in [0.25, 0.3) is 0 Å². The molecule has 0 spiro atoms. The van der Waals surface area contributed by atoms with Crippen LogP contribution in [0.25, 0.3) is 0 Å². The standard InChI is InChI=1S/C15H23N3O/c1-13(14-6-8-16-9-7-14)17-12-15(19)18-10-4-2-3-5-11-18/h6-9,13,17H,2-5,10-12H2,1H3/t13-/m1/s1. The van der Waals surface area contributed by atoms with Crippen LogP contribution < -0.4 is 5.32 Å². The lowest BCUT2D eigenvalue weighted by molar-refractivity contribution is -0.130. The van der Waals surface area contributed by atoms with Crippen molar-refractivity contribution in [2.24, 2.45) is 0 Å². The molecular formula is C15H23N3O. The number of carbonyl (C=O) groups is 1. The van der Waals surface area contributed by atoms with Crippen molar-refractivity contribution in [2.45, 2.75) is 38.6 Å². The second kappa shape index (κ2) is 7.24. The lowest BCUT2D eigenvalue weighted by Gasteiger charge is -2.22. The Hall–Kier alpha value is -1.42. The van der Waals surface area contributed by atoms with Crippen LogP contribution in [-0.2, 0) is 4.79 Å². The van der Waals surface area contributed by atoms with E-state index in [4.69, 9.17) is 0 Å². The fraction of sp³-hybridized carbons (Fsp3) is 0.600. The predicted molar refractivity (Wildman–Crippen MR) is 75.7 cm³/mol. The van der Waals surface area contributed by atoms with Gasteiger partial charge >= 0.3 is 0 Å². The molecule has 1 fully saturated rings. The molecule has 0 unspecified atom stereocenters. The van der Waals surface area contributed by atoms with Gasteiger partial charge < -0.3 is 10.2 Å². The highest BCUT2D eigenvalue weighted by Crippen LogP contribution is 2.11. The van der Waals surface area contributed by atoms with Crippen molar-refractivity contribution in [3.05, 3.63) is 30.1 Å². The van der Waals surface area contributed by atoms with Gasteiger partial charge in [-0.1, -0.05) is 12.8 Å². The molecular weight excluding hydrogens is 238 g/mol. The van der Waals surface area contributed by atoms with Crippen LogP contribution in [0, 0.1) is 0 Å². The number of likely N-dealkylation sites (tertiary alicyclic amines) is 1. The maximum Gasteiger partial charge on any atom is 0.236 e. The summed E-state index contributed by atoms with van der Waals surface area (Å²) >= 11 is 0. The highest BCUT2D eigenvalue weighted by Gasteiger charge is 2.16. The molecule has 2 rings (SSSR count). The van der Waals surface area contributed by atoms with Crippen LogP contribution in [0.15, 0.2) is 24.5 Å². The minimum Gasteiger partial charge on any atom is -0.342 e. The van der Waals surface area contributed by atoms with Crippen LogP contribution in [0.1, 0.15) is 44.2 Å². The minimum absolute atomic E-state index is 0.180. The smallest absolute Gasteiger partial charge is 0.236 e. The lowest BCUT2D eigenvalue weighted by atomic mass is 10.1. The van der Waals surface area contributed by atoms with Gasteiger partial charge in [0.15, 0.2) is 0 Å². The van der Waals surface area contributed by atoms with E-state index in [0.29, 0.717) is 6.54 Å². The molecule has 2 heterocycles. The summed E-state index contributed by atoms with van der Waals surface area (Å²) in [6.45, 7) is 4.34. The van der Waals surface area contributed by atoms with Crippen molar-refractivity contribution >= 4 is 5.91 Å². The zero-order valence-corrected chi connectivity index (χ0v) is 11.6. The van der Waals surface area contributed by atoms with Crippen molar-refractivity contribution in [3.63, 3.8) is 0 Å². The molecule has 0 aliphatic carbocycles. The number of hydrogen-bond acceptors (Lipinski definition) is 3. The van der Waals surface area contributed by atoms with Gasteiger partial charge in [-0.3, -0.25) is 9.78 Å². The third kappa shape index (κ3) is 4.31. The Morgan fingerprint density at radius 1 is 1.26 bits per heavy atom. The van der Waals surface area contributed by atoms with E-state index < -0.39 is 0 Å². The predicted octanol–water partition coefficient (Wildman–Crippen LogP) is 2.13. The summed E-state index contributed by atoms with van der Waals surface area (Å²) in [6.07, 6.45) is 8.36. The van der Waals surface area contributed by atoms with Gasteiger partial charge in [-0.05, 0) is 37.5 Å². The van der Waals surface area contributed by atoms with E-state index in [1.54, 1.807) is 12.4 Å². The van der Waals surface area contributed by atoms with E-state index in [9.17, 15) is 4.79 Å². The number of aromatic nitrogens is 1. The molecule has 1 amide bonds. The summed E-state index contributed by atoms with van der Waals surface area (Å²) in [5.41, 5.74) is 1.17. The molecule has 0 aromatic carbocycles. The molecule has 19 heavy (non-hydrogen) atoms. The first-order chi connectivity index (χ1) is 9.27. The van der Waals surface area contributed by atoms with Crippen molar-refractivity contribution in [1.82, 2.24) is 15.2 Å². The summed E-state index contributed by atoms with van der Waals surface area (Å²) in [5.74, 6) is 0.225. The van der Waals surface area contributed by atoms with Gasteiger partial charge in [0.05, 0.1) is 6.54 Å². The average molecular weight is 261 g/mol. The molecule has 4 heteroatoms. The van der Waals surface area contributed by atoms with Crippen LogP contribution >= 0.6 is 0 Å². The van der Waals surface area contributed by atoms with Gasteiger partial charge in [0.2, 0.25) is 5.91 Å². The first-order valence-corrected chi connectivity index (χ1v) is 7.18. The summed E-state index contributed by atoms with van der Waals surface area (Å²) in [7, 11) is 0. The second-order valence-corrected chi connectivity index (χ2v) is 5.18. The van der Waals surface area contributed by atoms with Gasteiger partial charge in [0.1, 0.15) is 0 Å². The SMILES string of the molecule is C[C@@H](NCC(=O)N1CCCCCC1)c1ccncc1. The molecule has 1 N–H and O–H groups in total. The third-order valence-corrected chi connectivity index (χ3v) is 3.72. The Morgan fingerprint density at radius 3 is 2.53 bits per heavy atom. The summed E-state index contributed by atoms with van der Waals surface area (Å²) in [5, 5.41) is 3.30. The number of carbonyl (C=O) groups excluding carboxylic acids is 1. The first kappa shape index (κ1) is 14.0. The van der Waals surface area contributed by atoms with Gasteiger partial charge in [-0.25, -0.2) is 0 Å². The molecule has 1 aliphatic rings. The summed E-state index contributed by atoms with van der Waals surface area (Å²) in [6, 6.07) is 4.14. The second-order valence-electron chi connectivity index (χ2n) is 5.18. The van der Waals surface area contributed by atoms with Crippen molar-refractivity contribution in [2.75, 3.05) is 19.6 Å². The molecule has 0 radical (unpaired) electrons. The normalized spacial score (nSPS) is 17.8. The number of nitrogens with one attached hydrogen (secondary N) is 1. The summed E-state index contributed by atoms with van der Waals surface area (Å²) in [4.78, 5) is 18.1. The van der Waals surface area contributed by atoms with Crippen LogP contribution in [0.2, 0.25) is 0 Å². The van der Waals surface area contributed by atoms with E-state index in [1.807, 2.05) is 17.0 Å². The number of amides is 1. The highest BCUT2D eigenvalue weighted by molar-refractivity contribution is 5.78. The lowest BCUT2D eigenvalue weighted by Crippen LogP contribution is -2.39. The summed E-state index contributed by atoms with van der Waals surface area (Å²) < 4.78 is 0. The van der Waals surface area contributed by atoms with Crippen LogP contribution in [0.4, 0.5) is 0 Å². The highest BCUT2D eigenvalue weighted by atomic mass is 16.2. The van der Waals surface area contributed by atoms with E-state index >= 15 is 0 Å².